The van der Waals surface area contributed by atoms with Crippen molar-refractivity contribution in [2.24, 2.45) is 5.10 Å². The maximum Gasteiger partial charge on any atom is 0.240 e. The van der Waals surface area contributed by atoms with Crippen molar-refractivity contribution in [2.45, 2.75) is 33.6 Å². The Kier molecular flexibility index (Phi) is 7.12. The molecule has 0 fully saturated rings. The standard InChI is InChI=1S/C20H24N2O4S/c1-12-10-16(14(3)27-12)13(2)21-22-20(24)9-7-17(23)15-6-8-18(25-4)19(11-15)26-5/h6,8,10-11H,7,9H2,1-5H3,(H,22,24)/b21-13+. The number of methoxy groups -OCH3 is 2. The molecule has 2 rings (SSSR count). The summed E-state index contributed by atoms with van der Waals surface area (Å²) < 4.78 is 10.4. The number of aryl methyl sites for hydroxylation is 2. The van der Waals surface area contributed by atoms with Crippen molar-refractivity contribution < 1.29 is 19.1 Å². The number of carbonyl (C=O) groups is 2. The zero-order chi connectivity index (χ0) is 20.0. The van der Waals surface area contributed by atoms with Crippen LogP contribution in [0.15, 0.2) is 29.4 Å². The van der Waals surface area contributed by atoms with E-state index in [1.165, 1.54) is 19.1 Å². The fourth-order valence-corrected chi connectivity index (χ4v) is 3.61. The van der Waals surface area contributed by atoms with E-state index < -0.39 is 0 Å². The Bertz CT molecular complexity index is 871. The fraction of sp³-hybridized carbons (Fsp3) is 0.350. The van der Waals surface area contributed by atoms with Crippen LogP contribution in [-0.2, 0) is 4.79 Å². The van der Waals surface area contributed by atoms with Crippen LogP contribution in [0.4, 0.5) is 0 Å². The van der Waals surface area contributed by atoms with E-state index in [2.05, 4.69) is 10.5 Å². The molecular weight excluding hydrogens is 364 g/mol. The number of amides is 1. The Morgan fingerprint density at radius 2 is 1.78 bits per heavy atom. The van der Waals surface area contributed by atoms with E-state index in [1.807, 2.05) is 26.8 Å². The van der Waals surface area contributed by atoms with Crippen molar-refractivity contribution in [3.63, 3.8) is 0 Å². The van der Waals surface area contributed by atoms with Crippen LogP contribution in [0.3, 0.4) is 0 Å². The number of thiophene rings is 1. The Balaban J connectivity index is 1.92. The molecule has 1 aromatic carbocycles. The molecule has 7 heteroatoms. The van der Waals surface area contributed by atoms with Gasteiger partial charge >= 0.3 is 0 Å². The lowest BCUT2D eigenvalue weighted by Gasteiger charge is -2.09. The second kappa shape index (κ2) is 9.32. The molecule has 2 aromatic rings. The van der Waals surface area contributed by atoms with Crippen LogP contribution in [0.25, 0.3) is 0 Å². The molecule has 0 saturated carbocycles. The number of ether oxygens (including phenoxy) is 2. The summed E-state index contributed by atoms with van der Waals surface area (Å²) in [6.07, 6.45) is 0.151. The maximum absolute atomic E-state index is 12.3. The second-order valence-electron chi connectivity index (χ2n) is 6.05. The van der Waals surface area contributed by atoms with Crippen LogP contribution in [0.1, 0.15) is 45.4 Å². The first-order chi connectivity index (χ1) is 12.8. The van der Waals surface area contributed by atoms with Crippen LogP contribution in [0.2, 0.25) is 0 Å². The molecule has 6 nitrogen and oxygen atoms in total. The number of hydrazone groups is 1. The number of benzene rings is 1. The predicted octanol–water partition coefficient (Wildman–Crippen LogP) is 3.89. The van der Waals surface area contributed by atoms with E-state index in [1.54, 1.807) is 29.5 Å². The molecular formula is C20H24N2O4S. The molecule has 0 aliphatic carbocycles. The summed E-state index contributed by atoms with van der Waals surface area (Å²) in [5.41, 5.74) is 4.77. The smallest absolute Gasteiger partial charge is 0.240 e. The van der Waals surface area contributed by atoms with Gasteiger partial charge in [-0.05, 0) is 45.0 Å². The van der Waals surface area contributed by atoms with Crippen molar-refractivity contribution in [3.8, 4) is 11.5 Å². The highest BCUT2D eigenvalue weighted by Gasteiger charge is 2.13. The molecule has 0 spiro atoms. The van der Waals surface area contributed by atoms with Crippen molar-refractivity contribution >= 4 is 28.7 Å². The summed E-state index contributed by atoms with van der Waals surface area (Å²) in [6.45, 7) is 5.91. The highest BCUT2D eigenvalue weighted by molar-refractivity contribution is 7.12. The number of carbonyl (C=O) groups excluding carboxylic acids is 2. The number of rotatable bonds is 8. The third-order valence-corrected chi connectivity index (χ3v) is 5.03. The molecule has 1 amide bonds. The van der Waals surface area contributed by atoms with Gasteiger partial charge in [0.1, 0.15) is 0 Å². The molecule has 0 saturated heterocycles. The summed E-state index contributed by atoms with van der Waals surface area (Å²) in [4.78, 5) is 26.7. The van der Waals surface area contributed by atoms with Crippen LogP contribution in [0.5, 0.6) is 11.5 Å². The minimum atomic E-state index is -0.298. The van der Waals surface area contributed by atoms with Crippen molar-refractivity contribution in [1.82, 2.24) is 5.43 Å². The number of hydrogen-bond acceptors (Lipinski definition) is 6. The molecule has 144 valence electrons. The quantitative estimate of drug-likeness (QED) is 0.423. The average molecular weight is 388 g/mol. The zero-order valence-electron chi connectivity index (χ0n) is 16.2. The first kappa shape index (κ1) is 20.6. The summed E-state index contributed by atoms with van der Waals surface area (Å²) in [6, 6.07) is 6.99. The van der Waals surface area contributed by atoms with Crippen LogP contribution in [0, 0.1) is 13.8 Å². The number of Topliss-reactive ketones (excluding diaryl/α,β-unsaturated/α-hetero) is 1. The molecule has 0 radical (unpaired) electrons. The number of nitrogens with one attached hydrogen (secondary N) is 1. The van der Waals surface area contributed by atoms with Crippen LogP contribution in [-0.4, -0.2) is 31.6 Å². The van der Waals surface area contributed by atoms with Crippen LogP contribution < -0.4 is 14.9 Å². The van der Waals surface area contributed by atoms with Gasteiger partial charge in [0.15, 0.2) is 17.3 Å². The summed E-state index contributed by atoms with van der Waals surface area (Å²) >= 11 is 1.69. The van der Waals surface area contributed by atoms with Crippen LogP contribution >= 0.6 is 11.3 Å². The van der Waals surface area contributed by atoms with Gasteiger partial charge in [0.25, 0.3) is 0 Å². The minimum absolute atomic E-state index is 0.0611. The van der Waals surface area contributed by atoms with Crippen molar-refractivity contribution in [3.05, 3.63) is 45.1 Å². The maximum atomic E-state index is 12.3. The highest BCUT2D eigenvalue weighted by Crippen LogP contribution is 2.28. The van der Waals surface area contributed by atoms with Gasteiger partial charge in [0, 0.05) is 33.7 Å². The van der Waals surface area contributed by atoms with E-state index in [9.17, 15) is 9.59 Å². The monoisotopic (exact) mass is 388 g/mol. The van der Waals surface area contributed by atoms with Gasteiger partial charge in [-0.3, -0.25) is 9.59 Å². The lowest BCUT2D eigenvalue weighted by molar-refractivity contribution is -0.121. The SMILES string of the molecule is COc1ccc(C(=O)CCC(=O)N/N=C(\C)c2cc(C)sc2C)cc1OC. The Hall–Kier alpha value is -2.67. The molecule has 0 atom stereocenters. The Morgan fingerprint density at radius 1 is 1.07 bits per heavy atom. The molecule has 1 heterocycles. The van der Waals surface area contributed by atoms with E-state index in [-0.39, 0.29) is 24.5 Å². The number of ketones is 1. The van der Waals surface area contributed by atoms with Gasteiger partial charge in [-0.1, -0.05) is 0 Å². The normalized spacial score (nSPS) is 11.2. The predicted molar refractivity (Wildman–Crippen MR) is 107 cm³/mol. The lowest BCUT2D eigenvalue weighted by atomic mass is 10.1. The van der Waals surface area contributed by atoms with Gasteiger partial charge in [-0.25, -0.2) is 5.43 Å². The summed E-state index contributed by atoms with van der Waals surface area (Å²) in [5.74, 6) is 0.592. The topological polar surface area (TPSA) is 77.0 Å². The molecule has 0 bridgehead atoms. The van der Waals surface area contributed by atoms with Gasteiger partial charge in [0.05, 0.1) is 19.9 Å². The molecule has 0 aliphatic rings. The highest BCUT2D eigenvalue weighted by atomic mass is 32.1. The third-order valence-electron chi connectivity index (χ3n) is 4.06. The van der Waals surface area contributed by atoms with E-state index in [0.29, 0.717) is 17.1 Å². The minimum Gasteiger partial charge on any atom is -0.493 e. The third kappa shape index (κ3) is 5.40. The molecule has 1 N–H and O–H groups in total. The average Bonchev–Trinajstić information content (AvgIpc) is 3.01. The van der Waals surface area contributed by atoms with Gasteiger partial charge < -0.3 is 9.47 Å². The number of nitrogens with zero attached hydrogens (tertiary/aromatic N) is 1. The fourth-order valence-electron chi connectivity index (χ4n) is 2.63. The summed E-state index contributed by atoms with van der Waals surface area (Å²) in [7, 11) is 3.04. The lowest BCUT2D eigenvalue weighted by Crippen LogP contribution is -2.20. The molecule has 27 heavy (non-hydrogen) atoms. The first-order valence-corrected chi connectivity index (χ1v) is 9.33. The van der Waals surface area contributed by atoms with E-state index in [0.717, 1.165) is 16.2 Å². The molecule has 0 unspecified atom stereocenters. The second-order valence-corrected chi connectivity index (χ2v) is 7.51. The van der Waals surface area contributed by atoms with Gasteiger partial charge in [0.2, 0.25) is 5.91 Å². The van der Waals surface area contributed by atoms with Gasteiger partial charge in [-0.2, -0.15) is 5.10 Å². The summed E-state index contributed by atoms with van der Waals surface area (Å²) in [5, 5.41) is 4.15. The Labute approximate surface area is 163 Å². The van der Waals surface area contributed by atoms with Gasteiger partial charge in [-0.15, -0.1) is 11.3 Å². The molecule has 0 aliphatic heterocycles. The zero-order valence-corrected chi connectivity index (χ0v) is 17.0. The largest absolute Gasteiger partial charge is 0.493 e. The molecule has 1 aromatic heterocycles. The van der Waals surface area contributed by atoms with E-state index in [4.69, 9.17) is 9.47 Å². The number of hydrogen-bond donors (Lipinski definition) is 1. The van der Waals surface area contributed by atoms with E-state index >= 15 is 0 Å². The first-order valence-electron chi connectivity index (χ1n) is 8.51. The van der Waals surface area contributed by atoms with Crippen molar-refractivity contribution in [1.29, 1.82) is 0 Å². The Morgan fingerprint density at radius 3 is 2.37 bits per heavy atom. The van der Waals surface area contributed by atoms with Crippen molar-refractivity contribution in [2.75, 3.05) is 14.2 Å².